The standard InChI is InChI=1S/C10H8BrF3N2OS/c1-16(5-6-2-3-8(11)17-6)9-15-4-7(18-9)10(12,13)14/h2-4H,5H2,1H3. The fraction of sp³-hybridized carbons (Fsp3) is 0.300. The van der Waals surface area contributed by atoms with E-state index >= 15 is 0 Å². The minimum atomic E-state index is -4.34. The second-order valence-electron chi connectivity index (χ2n) is 3.57. The van der Waals surface area contributed by atoms with Crippen LogP contribution < -0.4 is 4.90 Å². The number of nitrogens with zero attached hydrogens (tertiary/aromatic N) is 2. The topological polar surface area (TPSA) is 29.3 Å². The van der Waals surface area contributed by atoms with Crippen molar-refractivity contribution in [2.75, 3.05) is 11.9 Å². The molecule has 2 heterocycles. The number of hydrogen-bond donors (Lipinski definition) is 0. The highest BCUT2D eigenvalue weighted by atomic mass is 79.9. The largest absolute Gasteiger partial charge is 0.452 e. The van der Waals surface area contributed by atoms with Crippen LogP contribution in [0.5, 0.6) is 0 Å². The summed E-state index contributed by atoms with van der Waals surface area (Å²) in [6, 6.07) is 3.48. The molecule has 0 atom stereocenters. The van der Waals surface area contributed by atoms with Gasteiger partial charge in [0.2, 0.25) is 0 Å². The molecular formula is C10H8BrF3N2OS. The van der Waals surface area contributed by atoms with Crippen LogP contribution in [-0.2, 0) is 12.7 Å². The minimum Gasteiger partial charge on any atom is -0.452 e. The number of alkyl halides is 3. The van der Waals surface area contributed by atoms with Crippen LogP contribution in [0.15, 0.2) is 27.4 Å². The van der Waals surface area contributed by atoms with Crippen molar-refractivity contribution in [1.82, 2.24) is 4.98 Å². The lowest BCUT2D eigenvalue weighted by atomic mass is 10.4. The van der Waals surface area contributed by atoms with Crippen LogP contribution in [0.2, 0.25) is 0 Å². The second kappa shape index (κ2) is 4.93. The summed E-state index contributed by atoms with van der Waals surface area (Å²) < 4.78 is 43.1. The van der Waals surface area contributed by atoms with E-state index in [9.17, 15) is 13.2 Å². The van der Waals surface area contributed by atoms with E-state index in [1.54, 1.807) is 24.1 Å². The third-order valence-corrected chi connectivity index (χ3v) is 3.70. The Morgan fingerprint density at radius 3 is 2.67 bits per heavy atom. The quantitative estimate of drug-likeness (QED) is 0.840. The number of hydrogen-bond acceptors (Lipinski definition) is 4. The number of aromatic nitrogens is 1. The van der Waals surface area contributed by atoms with Crippen LogP contribution >= 0.6 is 27.3 Å². The Morgan fingerprint density at radius 1 is 1.44 bits per heavy atom. The molecule has 2 rings (SSSR count). The van der Waals surface area contributed by atoms with Crippen LogP contribution in [0.4, 0.5) is 18.3 Å². The van der Waals surface area contributed by atoms with Gasteiger partial charge < -0.3 is 9.32 Å². The van der Waals surface area contributed by atoms with Gasteiger partial charge in [-0.3, -0.25) is 0 Å². The Kier molecular flexibility index (Phi) is 3.67. The molecule has 0 aliphatic rings. The molecule has 0 saturated carbocycles. The predicted octanol–water partition coefficient (Wildman–Crippen LogP) is 4.15. The average Bonchev–Trinajstić information content (AvgIpc) is 2.85. The van der Waals surface area contributed by atoms with Crippen LogP contribution in [0.25, 0.3) is 0 Å². The van der Waals surface area contributed by atoms with Gasteiger partial charge in [-0.1, -0.05) is 11.3 Å². The molecule has 0 fully saturated rings. The van der Waals surface area contributed by atoms with Gasteiger partial charge in [-0.15, -0.1) is 0 Å². The van der Waals surface area contributed by atoms with Crippen LogP contribution in [0.1, 0.15) is 10.6 Å². The molecule has 0 saturated heterocycles. The Balaban J connectivity index is 2.09. The zero-order valence-electron chi connectivity index (χ0n) is 9.16. The Hall–Kier alpha value is -1.02. The van der Waals surface area contributed by atoms with Crippen molar-refractivity contribution < 1.29 is 17.6 Å². The molecule has 0 N–H and O–H groups in total. The van der Waals surface area contributed by atoms with E-state index in [-0.39, 0.29) is 0 Å². The summed E-state index contributed by atoms with van der Waals surface area (Å²) in [7, 11) is 1.66. The monoisotopic (exact) mass is 340 g/mol. The first kappa shape index (κ1) is 13.4. The maximum absolute atomic E-state index is 12.4. The lowest BCUT2D eigenvalue weighted by Crippen LogP contribution is -2.15. The lowest BCUT2D eigenvalue weighted by Gasteiger charge is -2.13. The van der Waals surface area contributed by atoms with Crippen molar-refractivity contribution in [3.05, 3.63) is 33.6 Å². The van der Waals surface area contributed by atoms with E-state index in [2.05, 4.69) is 20.9 Å². The third-order valence-electron chi connectivity index (χ3n) is 2.12. The van der Waals surface area contributed by atoms with Gasteiger partial charge in [0.1, 0.15) is 10.6 Å². The first-order valence-corrected chi connectivity index (χ1v) is 6.45. The molecular weight excluding hydrogens is 333 g/mol. The summed E-state index contributed by atoms with van der Waals surface area (Å²) in [5.41, 5.74) is 0. The molecule has 0 spiro atoms. The number of furan rings is 1. The van der Waals surface area contributed by atoms with Crippen LogP contribution in [0.3, 0.4) is 0 Å². The third kappa shape index (κ3) is 3.05. The van der Waals surface area contributed by atoms with E-state index in [1.165, 1.54) is 0 Å². The normalized spacial score (nSPS) is 11.8. The van der Waals surface area contributed by atoms with Gasteiger partial charge in [0.05, 0.1) is 12.7 Å². The van der Waals surface area contributed by atoms with E-state index in [0.717, 1.165) is 6.20 Å². The number of halogens is 4. The minimum absolute atomic E-state index is 0.301. The highest BCUT2D eigenvalue weighted by molar-refractivity contribution is 9.10. The molecule has 0 aromatic carbocycles. The summed E-state index contributed by atoms with van der Waals surface area (Å²) in [6.45, 7) is 0.358. The number of rotatable bonds is 3. The van der Waals surface area contributed by atoms with E-state index in [0.29, 0.717) is 33.4 Å². The van der Waals surface area contributed by atoms with Crippen molar-refractivity contribution in [2.45, 2.75) is 12.7 Å². The van der Waals surface area contributed by atoms with Gasteiger partial charge in [0.15, 0.2) is 9.80 Å². The summed E-state index contributed by atoms with van der Waals surface area (Å²) in [6.07, 6.45) is -3.50. The fourth-order valence-electron chi connectivity index (χ4n) is 1.31. The summed E-state index contributed by atoms with van der Waals surface area (Å²) in [5.74, 6) is 0.646. The van der Waals surface area contributed by atoms with Gasteiger partial charge >= 0.3 is 6.18 Å². The van der Waals surface area contributed by atoms with Gasteiger partial charge in [-0.2, -0.15) is 13.2 Å². The van der Waals surface area contributed by atoms with Gasteiger partial charge in [-0.05, 0) is 28.1 Å². The maximum Gasteiger partial charge on any atom is 0.427 e. The molecule has 2 aromatic rings. The Morgan fingerprint density at radius 2 is 2.17 bits per heavy atom. The highest BCUT2D eigenvalue weighted by Gasteiger charge is 2.33. The van der Waals surface area contributed by atoms with Crippen LogP contribution in [0, 0.1) is 0 Å². The molecule has 0 aliphatic heterocycles. The van der Waals surface area contributed by atoms with Crippen molar-refractivity contribution in [1.29, 1.82) is 0 Å². The zero-order chi connectivity index (χ0) is 13.3. The van der Waals surface area contributed by atoms with Crippen molar-refractivity contribution >= 4 is 32.4 Å². The van der Waals surface area contributed by atoms with Crippen molar-refractivity contribution in [3.63, 3.8) is 0 Å². The maximum atomic E-state index is 12.4. The summed E-state index contributed by atoms with van der Waals surface area (Å²) in [5, 5.41) is 0.301. The second-order valence-corrected chi connectivity index (χ2v) is 5.36. The summed E-state index contributed by atoms with van der Waals surface area (Å²) in [4.78, 5) is 4.66. The SMILES string of the molecule is CN(Cc1ccc(Br)o1)c1ncc(C(F)(F)F)s1. The molecule has 18 heavy (non-hydrogen) atoms. The Bertz CT molecular complexity index is 537. The fourth-order valence-corrected chi connectivity index (χ4v) is 2.39. The average molecular weight is 341 g/mol. The van der Waals surface area contributed by atoms with Crippen molar-refractivity contribution in [2.24, 2.45) is 0 Å². The van der Waals surface area contributed by atoms with E-state index in [1.807, 2.05) is 0 Å². The van der Waals surface area contributed by atoms with Gasteiger partial charge in [-0.25, -0.2) is 4.98 Å². The Labute approximate surface area is 113 Å². The molecule has 3 nitrogen and oxygen atoms in total. The molecule has 0 radical (unpaired) electrons. The zero-order valence-corrected chi connectivity index (χ0v) is 11.6. The van der Waals surface area contributed by atoms with Crippen LogP contribution in [-0.4, -0.2) is 12.0 Å². The van der Waals surface area contributed by atoms with E-state index in [4.69, 9.17) is 4.42 Å². The van der Waals surface area contributed by atoms with E-state index < -0.39 is 11.1 Å². The van der Waals surface area contributed by atoms with Gasteiger partial charge in [0.25, 0.3) is 0 Å². The number of thiazole rings is 1. The molecule has 8 heteroatoms. The predicted molar refractivity (Wildman–Crippen MR) is 65.6 cm³/mol. The first-order chi connectivity index (χ1) is 8.36. The lowest BCUT2D eigenvalue weighted by molar-refractivity contribution is -0.134. The molecule has 0 unspecified atom stereocenters. The molecule has 0 bridgehead atoms. The molecule has 0 amide bonds. The highest BCUT2D eigenvalue weighted by Crippen LogP contribution is 2.36. The summed E-state index contributed by atoms with van der Waals surface area (Å²) >= 11 is 3.77. The first-order valence-electron chi connectivity index (χ1n) is 4.84. The molecule has 2 aromatic heterocycles. The van der Waals surface area contributed by atoms with Crippen molar-refractivity contribution in [3.8, 4) is 0 Å². The number of anilines is 1. The molecule has 98 valence electrons. The smallest absolute Gasteiger partial charge is 0.427 e. The molecule has 0 aliphatic carbocycles. The van der Waals surface area contributed by atoms with Gasteiger partial charge in [0, 0.05) is 7.05 Å².